The number of likely N-dealkylation sites (tertiary alicyclic amines) is 1. The molecule has 2 N–H and O–H groups in total. The monoisotopic (exact) mass is 363 g/mol. The molecule has 1 fully saturated rings. The van der Waals surface area contributed by atoms with Crippen LogP contribution in [-0.2, 0) is 14.3 Å². The molecule has 1 heterocycles. The van der Waals surface area contributed by atoms with Crippen molar-refractivity contribution in [2.45, 2.75) is 32.2 Å². The molecule has 1 atom stereocenters. The Bertz CT molecular complexity index is 632. The molecule has 8 heteroatoms. The van der Waals surface area contributed by atoms with Crippen LogP contribution < -0.4 is 15.4 Å². The molecule has 0 radical (unpaired) electrons. The number of nitrogens with zero attached hydrogens (tertiary/aromatic N) is 1. The number of ether oxygens (including phenoxy) is 2. The molecule has 1 saturated heterocycles. The van der Waals surface area contributed by atoms with Gasteiger partial charge in [0.1, 0.15) is 11.8 Å². The van der Waals surface area contributed by atoms with Gasteiger partial charge in [0.15, 0.2) is 0 Å². The number of amides is 3. The fourth-order valence-electron chi connectivity index (χ4n) is 2.83. The van der Waals surface area contributed by atoms with Gasteiger partial charge in [0.05, 0.1) is 13.7 Å². The van der Waals surface area contributed by atoms with E-state index < -0.39 is 12.1 Å². The first-order valence-corrected chi connectivity index (χ1v) is 8.70. The van der Waals surface area contributed by atoms with Crippen molar-refractivity contribution in [2.24, 2.45) is 0 Å². The Hall–Kier alpha value is -2.77. The van der Waals surface area contributed by atoms with E-state index >= 15 is 0 Å². The number of carbonyl (C=O) groups excluding carboxylic acids is 3. The van der Waals surface area contributed by atoms with Gasteiger partial charge < -0.3 is 25.0 Å². The second-order valence-corrected chi connectivity index (χ2v) is 5.86. The van der Waals surface area contributed by atoms with Gasteiger partial charge in [0.2, 0.25) is 11.8 Å². The van der Waals surface area contributed by atoms with Crippen molar-refractivity contribution in [1.29, 1.82) is 0 Å². The van der Waals surface area contributed by atoms with Crippen molar-refractivity contribution in [3.8, 4) is 5.75 Å². The largest absolute Gasteiger partial charge is 0.497 e. The third-order valence-electron chi connectivity index (χ3n) is 4.12. The van der Waals surface area contributed by atoms with Crippen molar-refractivity contribution in [1.82, 2.24) is 10.2 Å². The van der Waals surface area contributed by atoms with Gasteiger partial charge in [0.25, 0.3) is 0 Å². The molecular weight excluding hydrogens is 338 g/mol. The summed E-state index contributed by atoms with van der Waals surface area (Å²) < 4.78 is 9.83. The van der Waals surface area contributed by atoms with Gasteiger partial charge in [-0.1, -0.05) is 0 Å². The molecule has 8 nitrogen and oxygen atoms in total. The Morgan fingerprint density at radius 3 is 2.62 bits per heavy atom. The smallest absolute Gasteiger partial charge is 0.407 e. The van der Waals surface area contributed by atoms with Gasteiger partial charge in [-0.25, -0.2) is 4.79 Å². The lowest BCUT2D eigenvalue weighted by atomic mass is 10.2. The van der Waals surface area contributed by atoms with Crippen LogP contribution in [0.3, 0.4) is 0 Å². The van der Waals surface area contributed by atoms with E-state index in [9.17, 15) is 14.4 Å². The molecule has 1 aliphatic heterocycles. The lowest BCUT2D eigenvalue weighted by molar-refractivity contribution is -0.136. The van der Waals surface area contributed by atoms with Gasteiger partial charge in [-0.3, -0.25) is 9.59 Å². The van der Waals surface area contributed by atoms with Crippen molar-refractivity contribution in [2.75, 3.05) is 32.1 Å². The van der Waals surface area contributed by atoms with E-state index in [0.717, 1.165) is 6.42 Å². The standard InChI is InChI=1S/C18H25N3O5/c1-3-26-18(24)19-11-10-16(22)21-12-4-5-15(21)17(23)20-13-6-8-14(25-2)9-7-13/h6-9,15H,3-5,10-12H2,1-2H3,(H,19,24)(H,20,23). The zero-order valence-electron chi connectivity index (χ0n) is 15.1. The Balaban J connectivity index is 1.86. The maximum atomic E-state index is 12.5. The van der Waals surface area contributed by atoms with E-state index in [4.69, 9.17) is 9.47 Å². The molecule has 1 unspecified atom stereocenters. The summed E-state index contributed by atoms with van der Waals surface area (Å²) >= 11 is 0. The SMILES string of the molecule is CCOC(=O)NCCC(=O)N1CCCC1C(=O)Nc1ccc(OC)cc1. The normalized spacial score (nSPS) is 16.1. The summed E-state index contributed by atoms with van der Waals surface area (Å²) in [6.45, 7) is 2.71. The zero-order chi connectivity index (χ0) is 18.9. The van der Waals surface area contributed by atoms with Crippen molar-refractivity contribution in [3.05, 3.63) is 24.3 Å². The van der Waals surface area contributed by atoms with E-state index in [2.05, 4.69) is 10.6 Å². The fourth-order valence-corrected chi connectivity index (χ4v) is 2.83. The average Bonchev–Trinajstić information content (AvgIpc) is 3.12. The van der Waals surface area contributed by atoms with Gasteiger partial charge in [-0.2, -0.15) is 0 Å². The van der Waals surface area contributed by atoms with Gasteiger partial charge in [-0.15, -0.1) is 0 Å². The molecule has 0 bridgehead atoms. The minimum atomic E-state index is -0.546. The predicted molar refractivity (Wildman–Crippen MR) is 96.0 cm³/mol. The summed E-state index contributed by atoms with van der Waals surface area (Å²) in [4.78, 5) is 37.7. The van der Waals surface area contributed by atoms with Gasteiger partial charge in [0, 0.05) is 25.2 Å². The van der Waals surface area contributed by atoms with E-state index in [1.807, 2.05) is 0 Å². The predicted octanol–water partition coefficient (Wildman–Crippen LogP) is 1.76. The maximum Gasteiger partial charge on any atom is 0.407 e. The highest BCUT2D eigenvalue weighted by molar-refractivity contribution is 5.97. The minimum absolute atomic E-state index is 0.130. The van der Waals surface area contributed by atoms with Crippen molar-refractivity contribution < 1.29 is 23.9 Å². The molecule has 2 rings (SSSR count). The van der Waals surface area contributed by atoms with E-state index in [1.54, 1.807) is 43.2 Å². The average molecular weight is 363 g/mol. The van der Waals surface area contributed by atoms with Crippen LogP contribution >= 0.6 is 0 Å². The van der Waals surface area contributed by atoms with Crippen LogP contribution in [0.25, 0.3) is 0 Å². The van der Waals surface area contributed by atoms with Gasteiger partial charge >= 0.3 is 6.09 Å². The molecule has 142 valence electrons. The minimum Gasteiger partial charge on any atom is -0.497 e. The third kappa shape index (κ3) is 5.37. The second-order valence-electron chi connectivity index (χ2n) is 5.86. The van der Waals surface area contributed by atoms with Gasteiger partial charge in [-0.05, 0) is 44.0 Å². The van der Waals surface area contributed by atoms with Crippen LogP contribution in [0.4, 0.5) is 10.5 Å². The van der Waals surface area contributed by atoms with Crippen LogP contribution in [0.1, 0.15) is 26.2 Å². The zero-order valence-corrected chi connectivity index (χ0v) is 15.1. The third-order valence-corrected chi connectivity index (χ3v) is 4.12. The van der Waals surface area contributed by atoms with Crippen LogP contribution in [0.5, 0.6) is 5.75 Å². The number of rotatable bonds is 7. The van der Waals surface area contributed by atoms with E-state index in [0.29, 0.717) is 24.4 Å². The molecule has 0 aromatic heterocycles. The van der Waals surface area contributed by atoms with Crippen LogP contribution in [0, 0.1) is 0 Å². The number of nitrogens with one attached hydrogen (secondary N) is 2. The fraction of sp³-hybridized carbons (Fsp3) is 0.500. The van der Waals surface area contributed by atoms with Crippen LogP contribution in [0.2, 0.25) is 0 Å². The Kier molecular flexibility index (Phi) is 7.25. The Morgan fingerprint density at radius 2 is 1.96 bits per heavy atom. The van der Waals surface area contributed by atoms with E-state index in [1.165, 1.54) is 0 Å². The highest BCUT2D eigenvalue weighted by Crippen LogP contribution is 2.21. The second kappa shape index (κ2) is 9.65. The maximum absolute atomic E-state index is 12.5. The lowest BCUT2D eigenvalue weighted by Gasteiger charge is -2.24. The molecule has 0 aliphatic carbocycles. The summed E-state index contributed by atoms with van der Waals surface area (Å²) in [6.07, 6.45) is 0.984. The molecule has 1 aliphatic rings. The lowest BCUT2D eigenvalue weighted by Crippen LogP contribution is -2.44. The highest BCUT2D eigenvalue weighted by atomic mass is 16.5. The number of alkyl carbamates (subject to hydrolysis) is 1. The summed E-state index contributed by atoms with van der Waals surface area (Å²) in [5.41, 5.74) is 0.652. The van der Waals surface area contributed by atoms with Crippen molar-refractivity contribution in [3.63, 3.8) is 0 Å². The Morgan fingerprint density at radius 1 is 1.23 bits per heavy atom. The first-order chi connectivity index (χ1) is 12.5. The number of anilines is 1. The molecule has 0 saturated carbocycles. The molecular formula is C18H25N3O5. The number of benzene rings is 1. The highest BCUT2D eigenvalue weighted by Gasteiger charge is 2.33. The quantitative estimate of drug-likeness (QED) is 0.769. The van der Waals surface area contributed by atoms with Crippen LogP contribution in [0.15, 0.2) is 24.3 Å². The first kappa shape index (κ1) is 19.6. The molecule has 3 amide bonds. The topological polar surface area (TPSA) is 97.0 Å². The molecule has 1 aromatic rings. The Labute approximate surface area is 152 Å². The first-order valence-electron chi connectivity index (χ1n) is 8.70. The van der Waals surface area contributed by atoms with Crippen LogP contribution in [-0.4, -0.2) is 55.7 Å². The molecule has 1 aromatic carbocycles. The number of hydrogen-bond acceptors (Lipinski definition) is 5. The number of methoxy groups -OCH3 is 1. The summed E-state index contributed by atoms with van der Waals surface area (Å²) in [6, 6.07) is 6.53. The van der Waals surface area contributed by atoms with E-state index in [-0.39, 0.29) is 31.4 Å². The number of carbonyl (C=O) groups is 3. The number of hydrogen-bond donors (Lipinski definition) is 2. The summed E-state index contributed by atoms with van der Waals surface area (Å²) in [5.74, 6) is 0.336. The summed E-state index contributed by atoms with van der Waals surface area (Å²) in [5, 5.41) is 5.34. The van der Waals surface area contributed by atoms with Crippen molar-refractivity contribution >= 4 is 23.6 Å². The molecule has 26 heavy (non-hydrogen) atoms. The molecule has 0 spiro atoms. The summed E-state index contributed by atoms with van der Waals surface area (Å²) in [7, 11) is 1.58.